The van der Waals surface area contributed by atoms with E-state index in [0.29, 0.717) is 10.9 Å². The molecule has 110 valence electrons. The molecule has 21 heavy (non-hydrogen) atoms. The number of hydrogen-bond acceptors (Lipinski definition) is 4. The van der Waals surface area contributed by atoms with Gasteiger partial charge in [0.25, 0.3) is 5.91 Å². The fraction of sp³-hybridized carbons (Fsp3) is 0.312. The molecule has 0 aliphatic carbocycles. The van der Waals surface area contributed by atoms with Crippen molar-refractivity contribution in [3.8, 4) is 0 Å². The van der Waals surface area contributed by atoms with E-state index in [1.807, 2.05) is 45.9 Å². The number of anilines is 1. The van der Waals surface area contributed by atoms with Crippen LogP contribution in [0.5, 0.6) is 0 Å². The van der Waals surface area contributed by atoms with Crippen LogP contribution >= 0.6 is 11.8 Å². The highest BCUT2D eigenvalue weighted by Gasteiger charge is 2.11. The van der Waals surface area contributed by atoms with Gasteiger partial charge in [0, 0.05) is 11.4 Å². The average Bonchev–Trinajstić information content (AvgIpc) is 2.42. The molecule has 0 aliphatic rings. The van der Waals surface area contributed by atoms with Crippen LogP contribution in [0.4, 0.5) is 5.69 Å². The summed E-state index contributed by atoms with van der Waals surface area (Å²) in [7, 11) is 0. The van der Waals surface area contributed by atoms with Crippen molar-refractivity contribution in [1.82, 2.24) is 9.97 Å². The predicted molar refractivity (Wildman–Crippen MR) is 87.0 cm³/mol. The highest BCUT2D eigenvalue weighted by molar-refractivity contribution is 7.99. The summed E-state index contributed by atoms with van der Waals surface area (Å²) in [6, 6.07) is 7.56. The first-order valence-electron chi connectivity index (χ1n) is 6.86. The molecule has 0 spiro atoms. The molecule has 0 bridgehead atoms. The van der Waals surface area contributed by atoms with Gasteiger partial charge in [-0.05, 0) is 55.9 Å². The Labute approximate surface area is 129 Å². The summed E-state index contributed by atoms with van der Waals surface area (Å²) in [5.74, 6) is 0.670. The summed E-state index contributed by atoms with van der Waals surface area (Å²) in [6.07, 6.45) is 0. The lowest BCUT2D eigenvalue weighted by Gasteiger charge is -2.08. The Morgan fingerprint density at radius 1 is 1.14 bits per heavy atom. The first-order valence-corrected chi connectivity index (χ1v) is 7.85. The second-order valence-electron chi connectivity index (χ2n) is 4.86. The van der Waals surface area contributed by atoms with E-state index in [9.17, 15) is 4.79 Å². The summed E-state index contributed by atoms with van der Waals surface area (Å²) >= 11 is 1.53. The Morgan fingerprint density at radius 2 is 1.90 bits per heavy atom. The van der Waals surface area contributed by atoms with E-state index in [-0.39, 0.29) is 5.91 Å². The van der Waals surface area contributed by atoms with Crippen molar-refractivity contribution in [2.24, 2.45) is 0 Å². The third-order valence-corrected chi connectivity index (χ3v) is 3.83. The summed E-state index contributed by atoms with van der Waals surface area (Å²) in [6.45, 7) is 7.97. The van der Waals surface area contributed by atoms with Crippen molar-refractivity contribution in [2.45, 2.75) is 32.9 Å². The monoisotopic (exact) mass is 301 g/mol. The number of thioether (sulfide) groups is 1. The summed E-state index contributed by atoms with van der Waals surface area (Å²) in [4.78, 5) is 20.9. The minimum absolute atomic E-state index is 0.207. The smallest absolute Gasteiger partial charge is 0.274 e. The molecule has 1 aromatic heterocycles. The number of carbonyl (C=O) groups excluding carboxylic acids is 1. The van der Waals surface area contributed by atoms with Crippen molar-refractivity contribution < 1.29 is 4.79 Å². The van der Waals surface area contributed by atoms with E-state index in [1.165, 1.54) is 17.3 Å². The van der Waals surface area contributed by atoms with Crippen molar-refractivity contribution in [3.05, 3.63) is 46.8 Å². The van der Waals surface area contributed by atoms with Crippen molar-refractivity contribution in [2.75, 3.05) is 11.1 Å². The summed E-state index contributed by atoms with van der Waals surface area (Å²) < 4.78 is 0. The molecule has 0 atom stereocenters. The van der Waals surface area contributed by atoms with Crippen LogP contribution in [-0.4, -0.2) is 21.6 Å². The van der Waals surface area contributed by atoms with Crippen LogP contribution in [0.1, 0.15) is 34.2 Å². The predicted octanol–water partition coefficient (Wildman–Crippen LogP) is 3.77. The second-order valence-corrected chi connectivity index (χ2v) is 6.09. The molecule has 4 nitrogen and oxygen atoms in total. The molecule has 0 fully saturated rings. The molecule has 0 saturated heterocycles. The van der Waals surface area contributed by atoms with Crippen LogP contribution in [0, 0.1) is 20.8 Å². The summed E-state index contributed by atoms with van der Waals surface area (Å²) in [5.41, 5.74) is 4.33. The molecule has 1 amide bonds. The Morgan fingerprint density at radius 3 is 2.57 bits per heavy atom. The molecule has 2 rings (SSSR count). The van der Waals surface area contributed by atoms with Gasteiger partial charge in [0.1, 0.15) is 5.69 Å². The quantitative estimate of drug-likeness (QED) is 0.690. The SMILES string of the molecule is CCSc1nc(C)cc(C(=O)Nc2ccc(C)c(C)c2)n1. The van der Waals surface area contributed by atoms with E-state index in [1.54, 1.807) is 6.07 Å². The molecule has 1 heterocycles. The zero-order valence-corrected chi connectivity index (χ0v) is 13.5. The van der Waals surface area contributed by atoms with E-state index in [2.05, 4.69) is 15.3 Å². The number of rotatable bonds is 4. The average molecular weight is 301 g/mol. The van der Waals surface area contributed by atoms with Gasteiger partial charge in [-0.3, -0.25) is 4.79 Å². The number of nitrogens with zero attached hydrogens (tertiary/aromatic N) is 2. The molecule has 5 heteroatoms. The van der Waals surface area contributed by atoms with Crippen LogP contribution in [-0.2, 0) is 0 Å². The lowest BCUT2D eigenvalue weighted by Crippen LogP contribution is -2.15. The molecule has 0 unspecified atom stereocenters. The maximum absolute atomic E-state index is 12.3. The van der Waals surface area contributed by atoms with E-state index >= 15 is 0 Å². The van der Waals surface area contributed by atoms with Crippen LogP contribution < -0.4 is 5.32 Å². The fourth-order valence-corrected chi connectivity index (χ4v) is 2.50. The molecule has 0 aliphatic heterocycles. The number of hydrogen-bond donors (Lipinski definition) is 1. The van der Waals surface area contributed by atoms with Crippen molar-refractivity contribution >= 4 is 23.4 Å². The van der Waals surface area contributed by atoms with Crippen molar-refractivity contribution in [1.29, 1.82) is 0 Å². The third-order valence-electron chi connectivity index (χ3n) is 3.10. The summed E-state index contributed by atoms with van der Waals surface area (Å²) in [5, 5.41) is 3.53. The highest BCUT2D eigenvalue weighted by Crippen LogP contribution is 2.17. The normalized spacial score (nSPS) is 10.5. The van der Waals surface area contributed by atoms with Gasteiger partial charge in [0.05, 0.1) is 0 Å². The fourth-order valence-electron chi connectivity index (χ4n) is 1.87. The molecule has 1 aromatic carbocycles. The van der Waals surface area contributed by atoms with E-state index in [0.717, 1.165) is 22.7 Å². The van der Waals surface area contributed by atoms with E-state index < -0.39 is 0 Å². The third kappa shape index (κ3) is 4.04. The zero-order valence-electron chi connectivity index (χ0n) is 12.7. The molecule has 0 saturated carbocycles. The number of nitrogens with one attached hydrogen (secondary N) is 1. The van der Waals surface area contributed by atoms with Crippen LogP contribution in [0.2, 0.25) is 0 Å². The lowest BCUT2D eigenvalue weighted by atomic mass is 10.1. The molecule has 2 aromatic rings. The van der Waals surface area contributed by atoms with Gasteiger partial charge in [-0.15, -0.1) is 0 Å². The van der Waals surface area contributed by atoms with E-state index in [4.69, 9.17) is 0 Å². The maximum Gasteiger partial charge on any atom is 0.274 e. The first-order chi connectivity index (χ1) is 9.99. The topological polar surface area (TPSA) is 54.9 Å². The van der Waals surface area contributed by atoms with Crippen molar-refractivity contribution in [3.63, 3.8) is 0 Å². The standard InChI is InChI=1S/C16H19N3OS/c1-5-21-16-17-12(4)9-14(19-16)15(20)18-13-7-6-10(2)11(3)8-13/h6-9H,5H2,1-4H3,(H,18,20). The Bertz CT molecular complexity index is 671. The Balaban J connectivity index is 2.21. The van der Waals surface area contributed by atoms with Crippen LogP contribution in [0.25, 0.3) is 0 Å². The van der Waals surface area contributed by atoms with Crippen LogP contribution in [0.3, 0.4) is 0 Å². The number of benzene rings is 1. The number of aryl methyl sites for hydroxylation is 3. The van der Waals surface area contributed by atoms with Gasteiger partial charge < -0.3 is 5.32 Å². The second kappa shape index (κ2) is 6.72. The Hall–Kier alpha value is -1.88. The first kappa shape index (κ1) is 15.5. The minimum atomic E-state index is -0.207. The molecule has 1 N–H and O–H groups in total. The van der Waals surface area contributed by atoms with Gasteiger partial charge in [0.2, 0.25) is 0 Å². The lowest BCUT2D eigenvalue weighted by molar-refractivity contribution is 0.102. The molecular formula is C16H19N3OS. The minimum Gasteiger partial charge on any atom is -0.321 e. The molecular weight excluding hydrogens is 282 g/mol. The number of amides is 1. The largest absolute Gasteiger partial charge is 0.321 e. The van der Waals surface area contributed by atoms with Crippen LogP contribution in [0.15, 0.2) is 29.4 Å². The number of carbonyl (C=O) groups is 1. The zero-order chi connectivity index (χ0) is 15.4. The van der Waals surface area contributed by atoms with Gasteiger partial charge in [-0.1, -0.05) is 24.8 Å². The molecule has 0 radical (unpaired) electrons. The van der Waals surface area contributed by atoms with Gasteiger partial charge in [-0.2, -0.15) is 0 Å². The highest BCUT2D eigenvalue weighted by atomic mass is 32.2. The maximum atomic E-state index is 12.3. The van der Waals surface area contributed by atoms with Gasteiger partial charge >= 0.3 is 0 Å². The number of aromatic nitrogens is 2. The van der Waals surface area contributed by atoms with Gasteiger partial charge in [0.15, 0.2) is 5.16 Å². The van der Waals surface area contributed by atoms with Gasteiger partial charge in [-0.25, -0.2) is 9.97 Å². The Kier molecular flexibility index (Phi) is 4.96.